The third-order valence-electron chi connectivity index (χ3n) is 4.64. The average molecular weight is 280 g/mol. The van der Waals surface area contributed by atoms with Gasteiger partial charge in [-0.15, -0.1) is 10.2 Å². The van der Waals surface area contributed by atoms with Crippen molar-refractivity contribution in [2.24, 2.45) is 0 Å². The lowest BCUT2D eigenvalue weighted by Crippen LogP contribution is -2.38. The standard InChI is InChI=1S/C17H20N4/c1-2-4-13(5-3-1)16-8-9-17(20-19-16)21-14-6-7-15(21)12-18-11-10-14/h1-5,8-9,14-15,18H,6-7,10-12H2. The molecule has 4 nitrogen and oxygen atoms in total. The van der Waals surface area contributed by atoms with Gasteiger partial charge in [-0.05, 0) is 37.9 Å². The minimum atomic E-state index is 0.578. The zero-order chi connectivity index (χ0) is 14.1. The van der Waals surface area contributed by atoms with Crippen molar-refractivity contribution in [2.75, 3.05) is 18.0 Å². The predicted octanol–water partition coefficient (Wildman–Crippen LogP) is 2.47. The van der Waals surface area contributed by atoms with E-state index in [2.05, 4.69) is 44.7 Å². The van der Waals surface area contributed by atoms with Crippen molar-refractivity contribution in [3.05, 3.63) is 42.5 Å². The molecule has 2 aliphatic heterocycles. The van der Waals surface area contributed by atoms with Crippen LogP contribution < -0.4 is 10.2 Å². The zero-order valence-electron chi connectivity index (χ0n) is 12.1. The van der Waals surface area contributed by atoms with Gasteiger partial charge in [0.05, 0.1) is 5.69 Å². The smallest absolute Gasteiger partial charge is 0.151 e. The molecule has 2 bridgehead atoms. The molecule has 1 N–H and O–H groups in total. The van der Waals surface area contributed by atoms with Gasteiger partial charge in [0, 0.05) is 24.2 Å². The van der Waals surface area contributed by atoms with Crippen LogP contribution in [0.5, 0.6) is 0 Å². The van der Waals surface area contributed by atoms with Crippen LogP contribution in [0.25, 0.3) is 11.3 Å². The number of hydrogen-bond acceptors (Lipinski definition) is 4. The quantitative estimate of drug-likeness (QED) is 0.917. The highest BCUT2D eigenvalue weighted by Crippen LogP contribution is 2.32. The summed E-state index contributed by atoms with van der Waals surface area (Å²) in [6.45, 7) is 2.19. The van der Waals surface area contributed by atoms with E-state index >= 15 is 0 Å². The number of benzene rings is 1. The third kappa shape index (κ3) is 2.40. The summed E-state index contributed by atoms with van der Waals surface area (Å²) >= 11 is 0. The molecular weight excluding hydrogens is 260 g/mol. The van der Waals surface area contributed by atoms with E-state index in [9.17, 15) is 0 Å². The molecular formula is C17H20N4. The Morgan fingerprint density at radius 2 is 1.76 bits per heavy atom. The van der Waals surface area contributed by atoms with Gasteiger partial charge in [0.2, 0.25) is 0 Å². The van der Waals surface area contributed by atoms with Crippen LogP contribution in [0.4, 0.5) is 5.82 Å². The number of rotatable bonds is 2. The lowest BCUT2D eigenvalue weighted by atomic mass is 10.1. The Morgan fingerprint density at radius 1 is 0.905 bits per heavy atom. The van der Waals surface area contributed by atoms with E-state index in [4.69, 9.17) is 0 Å². The van der Waals surface area contributed by atoms with Gasteiger partial charge in [-0.2, -0.15) is 0 Å². The van der Waals surface area contributed by atoms with Crippen LogP contribution >= 0.6 is 0 Å². The summed E-state index contributed by atoms with van der Waals surface area (Å²) in [4.78, 5) is 2.49. The van der Waals surface area contributed by atoms with Gasteiger partial charge in [0.25, 0.3) is 0 Å². The maximum Gasteiger partial charge on any atom is 0.151 e. The third-order valence-corrected chi connectivity index (χ3v) is 4.64. The van der Waals surface area contributed by atoms with Crippen LogP contribution in [0.2, 0.25) is 0 Å². The predicted molar refractivity (Wildman–Crippen MR) is 84.2 cm³/mol. The fourth-order valence-corrected chi connectivity index (χ4v) is 3.58. The molecule has 2 atom stereocenters. The zero-order valence-corrected chi connectivity index (χ0v) is 12.1. The van der Waals surface area contributed by atoms with Crippen molar-refractivity contribution in [2.45, 2.75) is 31.3 Å². The Kier molecular flexibility index (Phi) is 3.31. The van der Waals surface area contributed by atoms with Gasteiger partial charge in [0.15, 0.2) is 5.82 Å². The van der Waals surface area contributed by atoms with Gasteiger partial charge in [-0.3, -0.25) is 0 Å². The molecule has 2 aromatic rings. The molecule has 4 rings (SSSR count). The molecule has 1 aromatic heterocycles. The number of anilines is 1. The molecule has 0 amide bonds. The summed E-state index contributed by atoms with van der Waals surface area (Å²) in [5.41, 5.74) is 2.07. The van der Waals surface area contributed by atoms with Crippen molar-refractivity contribution >= 4 is 5.82 Å². The maximum absolute atomic E-state index is 4.51. The summed E-state index contributed by atoms with van der Waals surface area (Å²) in [5.74, 6) is 1.03. The van der Waals surface area contributed by atoms with Crippen molar-refractivity contribution in [3.63, 3.8) is 0 Å². The maximum atomic E-state index is 4.51. The van der Waals surface area contributed by atoms with Gasteiger partial charge in [-0.1, -0.05) is 30.3 Å². The molecule has 0 spiro atoms. The molecule has 2 aliphatic rings. The topological polar surface area (TPSA) is 41.0 Å². The molecule has 2 fully saturated rings. The second kappa shape index (κ2) is 5.45. The van der Waals surface area contributed by atoms with E-state index < -0.39 is 0 Å². The molecule has 2 unspecified atom stereocenters. The Morgan fingerprint density at radius 3 is 2.57 bits per heavy atom. The van der Waals surface area contributed by atoms with E-state index in [0.717, 1.165) is 30.2 Å². The van der Waals surface area contributed by atoms with Crippen LogP contribution in [0.15, 0.2) is 42.5 Å². The van der Waals surface area contributed by atoms with Gasteiger partial charge >= 0.3 is 0 Å². The van der Waals surface area contributed by atoms with Crippen LogP contribution in [-0.2, 0) is 0 Å². The summed E-state index contributed by atoms with van der Waals surface area (Å²) < 4.78 is 0. The molecule has 0 saturated carbocycles. The average Bonchev–Trinajstić information content (AvgIpc) is 2.81. The van der Waals surface area contributed by atoms with Gasteiger partial charge in [-0.25, -0.2) is 0 Å². The molecule has 21 heavy (non-hydrogen) atoms. The second-order valence-electron chi connectivity index (χ2n) is 5.93. The SMILES string of the molecule is c1ccc(-c2ccc(N3C4CCNCC3CC4)nn2)cc1. The molecule has 2 saturated heterocycles. The summed E-state index contributed by atoms with van der Waals surface area (Å²) in [6.07, 6.45) is 3.76. The second-order valence-corrected chi connectivity index (χ2v) is 5.93. The van der Waals surface area contributed by atoms with E-state index in [0.29, 0.717) is 12.1 Å². The number of nitrogens with zero attached hydrogens (tertiary/aromatic N) is 3. The number of hydrogen-bond donors (Lipinski definition) is 1. The lowest BCUT2D eigenvalue weighted by molar-refractivity contribution is 0.567. The van der Waals surface area contributed by atoms with E-state index in [1.54, 1.807) is 0 Å². The van der Waals surface area contributed by atoms with Crippen LogP contribution in [0, 0.1) is 0 Å². The first-order valence-corrected chi connectivity index (χ1v) is 7.80. The van der Waals surface area contributed by atoms with Crippen LogP contribution in [0.3, 0.4) is 0 Å². The van der Waals surface area contributed by atoms with Gasteiger partial charge < -0.3 is 10.2 Å². The van der Waals surface area contributed by atoms with Crippen molar-refractivity contribution in [1.82, 2.24) is 15.5 Å². The number of aromatic nitrogens is 2. The molecule has 0 aliphatic carbocycles. The van der Waals surface area contributed by atoms with Crippen LogP contribution in [-0.4, -0.2) is 35.4 Å². The Hall–Kier alpha value is -1.94. The Labute approximate surface area is 125 Å². The number of nitrogens with one attached hydrogen (secondary N) is 1. The monoisotopic (exact) mass is 280 g/mol. The normalized spacial score (nSPS) is 24.9. The number of fused-ring (bicyclic) bond motifs is 2. The molecule has 1 aromatic carbocycles. The first-order valence-electron chi connectivity index (χ1n) is 7.80. The van der Waals surface area contributed by atoms with Gasteiger partial charge in [0.1, 0.15) is 0 Å². The minimum Gasteiger partial charge on any atom is -0.348 e. The lowest BCUT2D eigenvalue weighted by Gasteiger charge is -2.28. The highest BCUT2D eigenvalue weighted by molar-refractivity contribution is 5.59. The first-order chi connectivity index (χ1) is 10.4. The minimum absolute atomic E-state index is 0.578. The van der Waals surface area contributed by atoms with Crippen molar-refractivity contribution in [3.8, 4) is 11.3 Å². The summed E-state index contributed by atoms with van der Waals surface area (Å²) in [5, 5.41) is 12.5. The van der Waals surface area contributed by atoms with E-state index in [-0.39, 0.29) is 0 Å². The molecule has 4 heteroatoms. The highest BCUT2D eigenvalue weighted by atomic mass is 15.3. The Bertz CT molecular complexity index is 582. The van der Waals surface area contributed by atoms with Crippen molar-refractivity contribution in [1.29, 1.82) is 0 Å². The van der Waals surface area contributed by atoms with E-state index in [1.807, 2.05) is 18.2 Å². The summed E-state index contributed by atoms with van der Waals surface area (Å²) in [7, 11) is 0. The van der Waals surface area contributed by atoms with E-state index in [1.165, 1.54) is 19.3 Å². The summed E-state index contributed by atoms with van der Waals surface area (Å²) in [6, 6.07) is 15.7. The fraction of sp³-hybridized carbons (Fsp3) is 0.412. The largest absolute Gasteiger partial charge is 0.348 e. The molecule has 3 heterocycles. The molecule has 0 radical (unpaired) electrons. The van der Waals surface area contributed by atoms with Crippen LogP contribution in [0.1, 0.15) is 19.3 Å². The van der Waals surface area contributed by atoms with Crippen molar-refractivity contribution < 1.29 is 0 Å². The fourth-order valence-electron chi connectivity index (χ4n) is 3.58. The first kappa shape index (κ1) is 12.8. The molecule has 108 valence electrons. The Balaban J connectivity index is 1.62. The highest BCUT2D eigenvalue weighted by Gasteiger charge is 2.35.